The van der Waals surface area contributed by atoms with Crippen molar-refractivity contribution < 1.29 is 28.1 Å². The van der Waals surface area contributed by atoms with Crippen LogP contribution in [0.5, 0.6) is 0 Å². The zero-order chi connectivity index (χ0) is 25.7. The highest BCUT2D eigenvalue weighted by atomic mass is 31.2. The maximum atomic E-state index is 13.0. The van der Waals surface area contributed by atoms with Crippen LogP contribution in [0.4, 0.5) is 4.79 Å². The van der Waals surface area contributed by atoms with Gasteiger partial charge < -0.3 is 23.8 Å². The normalized spacial score (nSPS) is 16.2. The lowest BCUT2D eigenvalue weighted by Crippen LogP contribution is -2.52. The smallest absolute Gasteiger partial charge is 0.408 e. The molecule has 0 radical (unpaired) electrons. The fraction of sp³-hybridized carbons (Fsp3) is 0.913. The van der Waals surface area contributed by atoms with Crippen molar-refractivity contribution in [1.82, 2.24) is 9.99 Å². The van der Waals surface area contributed by atoms with Crippen LogP contribution in [0.15, 0.2) is 0 Å². The number of amides is 1. The van der Waals surface area contributed by atoms with E-state index in [1.165, 1.54) is 0 Å². The molecule has 1 N–H and O–H groups in total. The van der Waals surface area contributed by atoms with E-state index in [9.17, 15) is 9.59 Å². The summed E-state index contributed by atoms with van der Waals surface area (Å²) in [6.45, 7) is 26.5. The van der Waals surface area contributed by atoms with Crippen molar-refractivity contribution in [2.45, 2.75) is 138 Å². The first-order chi connectivity index (χ1) is 14.1. The van der Waals surface area contributed by atoms with Crippen LogP contribution >= 0.6 is 8.53 Å². The zero-order valence-electron chi connectivity index (χ0n) is 22.7. The van der Waals surface area contributed by atoms with Crippen molar-refractivity contribution in [3.8, 4) is 0 Å². The largest absolute Gasteiger partial charge is 0.458 e. The fourth-order valence-electron chi connectivity index (χ4n) is 2.70. The molecule has 0 heterocycles. The van der Waals surface area contributed by atoms with Crippen molar-refractivity contribution in [3.05, 3.63) is 0 Å². The molecule has 0 spiro atoms. The summed E-state index contributed by atoms with van der Waals surface area (Å²) >= 11 is 0. The summed E-state index contributed by atoms with van der Waals surface area (Å²) in [6.07, 6.45) is -1.44. The Morgan fingerprint density at radius 2 is 1.19 bits per heavy atom. The number of hydrogen-bond donors (Lipinski definition) is 1. The average Bonchev–Trinajstić information content (AvgIpc) is 2.46. The number of alkyl carbamates (subject to hydrolysis) is 1. The standard InChI is InChI=1S/C23H47N2O6P/c1-15(2)25(16(3)4)32(31-23(12,13)14)30-17(5)18(19(26)28-21(6,7)8)24-20(27)29-22(9,10)11/h15-18H,1-14H3,(H,24,27)/t17-,18-,32?/m0/s1. The summed E-state index contributed by atoms with van der Waals surface area (Å²) in [6, 6.07) is -0.775. The third-order valence-corrected chi connectivity index (χ3v) is 6.18. The molecule has 0 rings (SSSR count). The minimum absolute atomic E-state index is 0.148. The molecule has 0 aliphatic rings. The predicted octanol–water partition coefficient (Wildman–Crippen LogP) is 5.79. The van der Waals surface area contributed by atoms with Crippen LogP contribution in [-0.4, -0.2) is 57.8 Å². The van der Waals surface area contributed by atoms with Crippen LogP contribution in [0.3, 0.4) is 0 Å². The minimum Gasteiger partial charge on any atom is -0.458 e. The highest BCUT2D eigenvalue weighted by molar-refractivity contribution is 7.44. The van der Waals surface area contributed by atoms with Gasteiger partial charge in [0.05, 0.1) is 11.7 Å². The summed E-state index contributed by atoms with van der Waals surface area (Å²) in [5.74, 6) is -0.595. The van der Waals surface area contributed by atoms with Gasteiger partial charge in [0, 0.05) is 12.1 Å². The van der Waals surface area contributed by atoms with Crippen molar-refractivity contribution in [1.29, 1.82) is 0 Å². The van der Waals surface area contributed by atoms with Gasteiger partial charge in [0.25, 0.3) is 8.53 Å². The molecule has 3 atom stereocenters. The van der Waals surface area contributed by atoms with Gasteiger partial charge >= 0.3 is 12.1 Å². The summed E-state index contributed by atoms with van der Waals surface area (Å²) in [5.41, 5.74) is -1.90. The molecule has 0 aliphatic carbocycles. The van der Waals surface area contributed by atoms with Crippen molar-refractivity contribution in [2.24, 2.45) is 0 Å². The van der Waals surface area contributed by atoms with E-state index in [4.69, 9.17) is 18.5 Å². The first kappa shape index (κ1) is 31.0. The molecule has 0 bridgehead atoms. The first-order valence-electron chi connectivity index (χ1n) is 11.3. The molecule has 0 saturated heterocycles. The van der Waals surface area contributed by atoms with Crippen LogP contribution in [0, 0.1) is 0 Å². The molecule has 1 unspecified atom stereocenters. The minimum atomic E-state index is -1.54. The molecule has 0 aromatic heterocycles. The Kier molecular flexibility index (Phi) is 11.6. The Bertz CT molecular complexity index is 597. The lowest BCUT2D eigenvalue weighted by molar-refractivity contribution is -0.159. The Morgan fingerprint density at radius 1 is 0.750 bits per heavy atom. The van der Waals surface area contributed by atoms with Crippen molar-refractivity contribution >= 4 is 20.6 Å². The SMILES string of the molecule is CC(C)N(C(C)C)P(O[C@@H](C)[C@H](NC(=O)OC(C)(C)C)C(=O)OC(C)(C)C)OC(C)(C)C. The summed E-state index contributed by atoms with van der Waals surface area (Å²) in [5, 5.41) is 2.64. The second-order valence-electron chi connectivity index (χ2n) is 11.5. The topological polar surface area (TPSA) is 86.3 Å². The van der Waals surface area contributed by atoms with E-state index in [-0.39, 0.29) is 12.1 Å². The van der Waals surface area contributed by atoms with Gasteiger partial charge in [-0.3, -0.25) is 0 Å². The summed E-state index contributed by atoms with van der Waals surface area (Å²) in [7, 11) is -1.54. The predicted molar refractivity (Wildman–Crippen MR) is 129 cm³/mol. The number of esters is 1. The van der Waals surface area contributed by atoms with E-state index in [1.54, 1.807) is 48.5 Å². The van der Waals surface area contributed by atoms with Gasteiger partial charge in [-0.1, -0.05) is 0 Å². The van der Waals surface area contributed by atoms with E-state index < -0.39 is 49.5 Å². The molecular weight excluding hydrogens is 431 g/mol. The number of carbonyl (C=O) groups excluding carboxylic acids is 2. The van der Waals surface area contributed by atoms with Crippen LogP contribution in [0.2, 0.25) is 0 Å². The Labute approximate surface area is 197 Å². The van der Waals surface area contributed by atoms with Gasteiger partial charge in [-0.15, -0.1) is 0 Å². The van der Waals surface area contributed by atoms with Crippen LogP contribution in [0.25, 0.3) is 0 Å². The van der Waals surface area contributed by atoms with Gasteiger partial charge in [-0.25, -0.2) is 14.3 Å². The molecule has 190 valence electrons. The third-order valence-electron chi connectivity index (χ3n) is 3.66. The Balaban J connectivity index is 5.90. The van der Waals surface area contributed by atoms with Crippen LogP contribution < -0.4 is 5.32 Å². The van der Waals surface area contributed by atoms with Crippen LogP contribution in [-0.2, 0) is 23.3 Å². The lowest BCUT2D eigenvalue weighted by atomic mass is 10.1. The maximum Gasteiger partial charge on any atom is 0.408 e. The maximum absolute atomic E-state index is 13.0. The highest BCUT2D eigenvalue weighted by Gasteiger charge is 2.38. The zero-order valence-corrected chi connectivity index (χ0v) is 23.5. The Hall–Kier alpha value is -0.950. The number of rotatable bonds is 9. The van der Waals surface area contributed by atoms with Gasteiger partial charge in [0.2, 0.25) is 0 Å². The molecule has 8 nitrogen and oxygen atoms in total. The number of carbonyl (C=O) groups is 2. The molecular formula is C23H47N2O6P. The number of ether oxygens (including phenoxy) is 2. The molecule has 0 aromatic carbocycles. The second kappa shape index (κ2) is 12.0. The monoisotopic (exact) mass is 478 g/mol. The number of nitrogens with zero attached hydrogens (tertiary/aromatic N) is 1. The molecule has 9 heteroatoms. The second-order valence-corrected chi connectivity index (χ2v) is 12.8. The number of nitrogens with one attached hydrogen (secondary N) is 1. The fourth-order valence-corrected chi connectivity index (χ4v) is 4.58. The molecule has 0 aliphatic heterocycles. The van der Waals surface area contributed by atoms with Crippen molar-refractivity contribution in [2.75, 3.05) is 0 Å². The quantitative estimate of drug-likeness (QED) is 0.332. The number of hydrogen-bond acceptors (Lipinski definition) is 7. The van der Waals surface area contributed by atoms with Gasteiger partial charge in [-0.2, -0.15) is 0 Å². The summed E-state index contributed by atoms with van der Waals surface area (Å²) < 4.78 is 25.7. The highest BCUT2D eigenvalue weighted by Crippen LogP contribution is 2.50. The van der Waals surface area contributed by atoms with Gasteiger partial charge in [0.15, 0.2) is 6.04 Å². The van der Waals surface area contributed by atoms with E-state index >= 15 is 0 Å². The third kappa shape index (κ3) is 12.9. The van der Waals surface area contributed by atoms with E-state index in [0.29, 0.717) is 0 Å². The average molecular weight is 479 g/mol. The van der Waals surface area contributed by atoms with E-state index in [0.717, 1.165) is 0 Å². The van der Waals surface area contributed by atoms with E-state index in [2.05, 4.69) is 37.7 Å². The van der Waals surface area contributed by atoms with Crippen molar-refractivity contribution in [3.63, 3.8) is 0 Å². The lowest BCUT2D eigenvalue weighted by Gasteiger charge is -2.40. The molecule has 1 amide bonds. The molecule has 0 aromatic rings. The van der Waals surface area contributed by atoms with Gasteiger partial charge in [0.1, 0.15) is 11.2 Å². The molecule has 0 saturated carbocycles. The molecule has 0 fully saturated rings. The van der Waals surface area contributed by atoms with Crippen LogP contribution in [0.1, 0.15) is 96.9 Å². The van der Waals surface area contributed by atoms with Gasteiger partial charge in [-0.05, 0) is 96.9 Å². The first-order valence-corrected chi connectivity index (χ1v) is 12.4. The molecule has 32 heavy (non-hydrogen) atoms. The van der Waals surface area contributed by atoms with E-state index in [1.807, 2.05) is 20.8 Å². The summed E-state index contributed by atoms with van der Waals surface area (Å²) in [4.78, 5) is 25.5. The Morgan fingerprint density at radius 3 is 1.53 bits per heavy atom.